The van der Waals surface area contributed by atoms with Gasteiger partial charge in [0.15, 0.2) is 5.11 Å². The zero-order chi connectivity index (χ0) is 24.6. The number of amides is 1. The molecule has 9 heteroatoms. The molecular weight excluding hydrogens is 470 g/mol. The Bertz CT molecular complexity index is 1080. The third kappa shape index (κ3) is 7.51. The average molecular weight is 504 g/mol. The van der Waals surface area contributed by atoms with Crippen molar-refractivity contribution in [3.05, 3.63) is 54.1 Å². The van der Waals surface area contributed by atoms with Crippen molar-refractivity contribution in [2.24, 2.45) is 5.92 Å². The van der Waals surface area contributed by atoms with Crippen LogP contribution in [0, 0.1) is 5.92 Å². The SMILES string of the molecule is CC(C)CCOc1cccc(C(=O)NC(=S)Nc2ccc(S(=O)(=O)N3CCCCCC3)cc2)c1. The Morgan fingerprint density at radius 2 is 1.74 bits per heavy atom. The third-order valence-electron chi connectivity index (χ3n) is 5.60. The molecule has 2 N–H and O–H groups in total. The topological polar surface area (TPSA) is 87.7 Å². The second-order valence-electron chi connectivity index (χ2n) is 8.81. The molecule has 34 heavy (non-hydrogen) atoms. The van der Waals surface area contributed by atoms with Crippen LogP contribution < -0.4 is 15.4 Å². The number of rotatable bonds is 8. The summed E-state index contributed by atoms with van der Waals surface area (Å²) in [6.45, 7) is 5.96. The van der Waals surface area contributed by atoms with Crippen LogP contribution in [0.2, 0.25) is 0 Å². The predicted molar refractivity (Wildman–Crippen MR) is 139 cm³/mol. The highest BCUT2D eigenvalue weighted by molar-refractivity contribution is 7.89. The number of sulfonamides is 1. The van der Waals surface area contributed by atoms with Gasteiger partial charge in [-0.1, -0.05) is 32.8 Å². The molecule has 0 bridgehead atoms. The van der Waals surface area contributed by atoms with E-state index < -0.39 is 10.0 Å². The standard InChI is InChI=1S/C25H33N3O4S2/c1-19(2)14-17-32-22-9-7-8-20(18-22)24(29)27-25(33)26-21-10-12-23(13-11-21)34(30,31)28-15-5-3-4-6-16-28/h7-13,18-19H,3-6,14-17H2,1-2H3,(H2,26,27,29,33). The molecule has 2 aromatic rings. The molecule has 2 aromatic carbocycles. The number of nitrogens with zero attached hydrogens (tertiary/aromatic N) is 1. The van der Waals surface area contributed by atoms with Crippen LogP contribution in [-0.2, 0) is 10.0 Å². The lowest BCUT2D eigenvalue weighted by molar-refractivity contribution is 0.0977. The molecule has 184 valence electrons. The van der Waals surface area contributed by atoms with Crippen LogP contribution in [0.3, 0.4) is 0 Å². The second kappa shape index (κ2) is 12.3. The Balaban J connectivity index is 1.56. The summed E-state index contributed by atoms with van der Waals surface area (Å²) in [4.78, 5) is 12.8. The Hall–Kier alpha value is -2.49. The molecule has 0 atom stereocenters. The van der Waals surface area contributed by atoms with Gasteiger partial charge >= 0.3 is 0 Å². The van der Waals surface area contributed by atoms with Crippen LogP contribution in [0.5, 0.6) is 5.75 Å². The van der Waals surface area contributed by atoms with E-state index in [1.165, 1.54) is 0 Å². The molecule has 0 saturated carbocycles. The Morgan fingerprint density at radius 3 is 2.38 bits per heavy atom. The lowest BCUT2D eigenvalue weighted by Crippen LogP contribution is -2.34. The molecule has 1 saturated heterocycles. The molecule has 0 radical (unpaired) electrons. The van der Waals surface area contributed by atoms with Gasteiger partial charge in [-0.2, -0.15) is 4.31 Å². The van der Waals surface area contributed by atoms with Crippen LogP contribution in [0.4, 0.5) is 5.69 Å². The summed E-state index contributed by atoms with van der Waals surface area (Å²) in [5.74, 6) is 0.818. The van der Waals surface area contributed by atoms with E-state index in [4.69, 9.17) is 17.0 Å². The van der Waals surface area contributed by atoms with Crippen molar-refractivity contribution in [1.82, 2.24) is 9.62 Å². The molecule has 7 nitrogen and oxygen atoms in total. The first-order valence-electron chi connectivity index (χ1n) is 11.7. The molecule has 0 spiro atoms. The van der Waals surface area contributed by atoms with Crippen molar-refractivity contribution in [3.63, 3.8) is 0 Å². The van der Waals surface area contributed by atoms with Crippen LogP contribution in [0.1, 0.15) is 56.3 Å². The summed E-state index contributed by atoms with van der Waals surface area (Å²) >= 11 is 5.27. The zero-order valence-electron chi connectivity index (χ0n) is 19.7. The van der Waals surface area contributed by atoms with E-state index in [2.05, 4.69) is 24.5 Å². The van der Waals surface area contributed by atoms with Gasteiger partial charge in [0.2, 0.25) is 10.0 Å². The van der Waals surface area contributed by atoms with E-state index in [9.17, 15) is 13.2 Å². The van der Waals surface area contributed by atoms with Crippen molar-refractivity contribution >= 4 is 38.9 Å². The van der Waals surface area contributed by atoms with Crippen LogP contribution in [-0.4, -0.2) is 43.4 Å². The summed E-state index contributed by atoms with van der Waals surface area (Å²) in [7, 11) is -3.51. The second-order valence-corrected chi connectivity index (χ2v) is 11.2. The first-order valence-corrected chi connectivity index (χ1v) is 13.6. The zero-order valence-corrected chi connectivity index (χ0v) is 21.4. The van der Waals surface area contributed by atoms with Crippen molar-refractivity contribution in [2.45, 2.75) is 50.8 Å². The monoisotopic (exact) mass is 503 g/mol. The minimum atomic E-state index is -3.51. The largest absolute Gasteiger partial charge is 0.494 e. The number of anilines is 1. The maximum atomic E-state index is 12.9. The molecule has 3 rings (SSSR count). The molecule has 0 aliphatic carbocycles. The molecule has 1 aliphatic heterocycles. The summed E-state index contributed by atoms with van der Waals surface area (Å²) in [5, 5.41) is 5.71. The Morgan fingerprint density at radius 1 is 1.06 bits per heavy atom. The Labute approximate surface area is 207 Å². The highest BCUT2D eigenvalue weighted by Crippen LogP contribution is 2.22. The van der Waals surface area contributed by atoms with E-state index in [0.29, 0.717) is 42.6 Å². The highest BCUT2D eigenvalue weighted by atomic mass is 32.2. The number of hydrogen-bond acceptors (Lipinski definition) is 5. The number of nitrogens with one attached hydrogen (secondary N) is 2. The van der Waals surface area contributed by atoms with Crippen LogP contribution >= 0.6 is 12.2 Å². The Kier molecular flexibility index (Phi) is 9.44. The average Bonchev–Trinajstić information content (AvgIpc) is 3.10. The lowest BCUT2D eigenvalue weighted by atomic mass is 10.1. The maximum absolute atomic E-state index is 12.9. The van der Waals surface area contributed by atoms with Gasteiger partial charge in [0, 0.05) is 24.3 Å². The van der Waals surface area contributed by atoms with E-state index in [0.717, 1.165) is 32.1 Å². The molecule has 1 fully saturated rings. The van der Waals surface area contributed by atoms with E-state index >= 15 is 0 Å². The smallest absolute Gasteiger partial charge is 0.257 e. The van der Waals surface area contributed by atoms with Crippen LogP contribution in [0.15, 0.2) is 53.4 Å². The fourth-order valence-corrected chi connectivity index (χ4v) is 5.35. The number of benzene rings is 2. The minimum Gasteiger partial charge on any atom is -0.494 e. The van der Waals surface area contributed by atoms with E-state index in [1.807, 2.05) is 6.07 Å². The molecular formula is C25H33N3O4S2. The fourth-order valence-electron chi connectivity index (χ4n) is 3.62. The minimum absolute atomic E-state index is 0.124. The van der Waals surface area contributed by atoms with Gasteiger partial charge in [-0.3, -0.25) is 10.1 Å². The number of carbonyl (C=O) groups excluding carboxylic acids is 1. The molecule has 1 aliphatic rings. The number of ether oxygens (including phenoxy) is 1. The van der Waals surface area contributed by atoms with Crippen LogP contribution in [0.25, 0.3) is 0 Å². The predicted octanol–water partition coefficient (Wildman–Crippen LogP) is 4.80. The molecule has 1 heterocycles. The van der Waals surface area contributed by atoms with Gasteiger partial charge < -0.3 is 10.1 Å². The maximum Gasteiger partial charge on any atom is 0.257 e. The van der Waals surface area contributed by atoms with E-state index in [1.54, 1.807) is 46.8 Å². The number of carbonyl (C=O) groups is 1. The van der Waals surface area contributed by atoms with Crippen molar-refractivity contribution < 1.29 is 17.9 Å². The summed E-state index contributed by atoms with van der Waals surface area (Å²) in [5.41, 5.74) is 1.02. The van der Waals surface area contributed by atoms with Gasteiger partial charge in [0.25, 0.3) is 5.91 Å². The van der Waals surface area contributed by atoms with Gasteiger partial charge in [0.05, 0.1) is 11.5 Å². The first-order chi connectivity index (χ1) is 16.3. The third-order valence-corrected chi connectivity index (χ3v) is 7.72. The quantitative estimate of drug-likeness (QED) is 0.503. The summed E-state index contributed by atoms with van der Waals surface area (Å²) in [6.07, 6.45) is 4.84. The summed E-state index contributed by atoms with van der Waals surface area (Å²) < 4.78 is 33.1. The number of hydrogen-bond donors (Lipinski definition) is 2. The van der Waals surface area contributed by atoms with Gasteiger partial charge in [-0.15, -0.1) is 0 Å². The fraction of sp³-hybridized carbons (Fsp3) is 0.440. The molecule has 1 amide bonds. The van der Waals surface area contributed by atoms with Gasteiger partial charge in [-0.05, 0) is 79.9 Å². The molecule has 0 aromatic heterocycles. The van der Waals surface area contributed by atoms with Gasteiger partial charge in [0.1, 0.15) is 5.75 Å². The lowest BCUT2D eigenvalue weighted by Gasteiger charge is -2.20. The highest BCUT2D eigenvalue weighted by Gasteiger charge is 2.25. The first kappa shape index (κ1) is 26.1. The van der Waals surface area contributed by atoms with E-state index in [-0.39, 0.29) is 15.9 Å². The van der Waals surface area contributed by atoms with Crippen molar-refractivity contribution in [1.29, 1.82) is 0 Å². The van der Waals surface area contributed by atoms with Crippen molar-refractivity contribution in [3.8, 4) is 5.75 Å². The van der Waals surface area contributed by atoms with Gasteiger partial charge in [-0.25, -0.2) is 8.42 Å². The normalized spacial score (nSPS) is 14.9. The number of thiocarbonyl (C=S) groups is 1. The van der Waals surface area contributed by atoms with Crippen molar-refractivity contribution in [2.75, 3.05) is 25.0 Å². The molecule has 0 unspecified atom stereocenters. The summed E-state index contributed by atoms with van der Waals surface area (Å²) in [6, 6.07) is 13.4.